The summed E-state index contributed by atoms with van der Waals surface area (Å²) < 4.78 is 17.2. The van der Waals surface area contributed by atoms with Crippen LogP contribution in [0.5, 0.6) is 34.5 Å². The topological polar surface area (TPSA) is 27.7 Å². The van der Waals surface area contributed by atoms with Crippen molar-refractivity contribution in [1.82, 2.24) is 0 Å². The van der Waals surface area contributed by atoms with Crippen molar-refractivity contribution in [1.29, 1.82) is 0 Å². The van der Waals surface area contributed by atoms with E-state index in [2.05, 4.69) is 88.4 Å². The highest BCUT2D eigenvalue weighted by Crippen LogP contribution is 2.28. The Labute approximate surface area is 364 Å². The Kier molecular flexibility index (Phi) is 23.0. The van der Waals surface area contributed by atoms with E-state index in [0.29, 0.717) is 0 Å². The molecule has 8 aromatic rings. The second kappa shape index (κ2) is 28.8. The smallest absolute Gasteiger partial charge is 0.127 e. The van der Waals surface area contributed by atoms with Crippen molar-refractivity contribution in [3.05, 3.63) is 241 Å². The van der Waals surface area contributed by atoms with Gasteiger partial charge in [0.15, 0.2) is 0 Å². The van der Waals surface area contributed by atoms with E-state index in [4.69, 9.17) is 14.2 Å². The second-order valence-electron chi connectivity index (χ2n) is 12.9. The fraction of sp³-hybridized carbons (Fsp3) is 0.143. The summed E-state index contributed by atoms with van der Waals surface area (Å²) in [5.41, 5.74) is 5.09. The van der Waals surface area contributed by atoms with Crippen LogP contribution in [0.1, 0.15) is 49.9 Å². The van der Waals surface area contributed by atoms with Crippen LogP contribution in [0.3, 0.4) is 0 Å². The average molecular weight is 813 g/mol. The Morgan fingerprint density at radius 3 is 0.750 bits per heavy atom. The molecule has 3 nitrogen and oxygen atoms in total. The standard InChI is InChI=1S/C19H16O2.C13H12O.C13H12S.C7H8.2C2H6/c1-15-7-9-17(10-8-15)21-19-13-11-18(12-14-19)20-16-5-3-2-4-6-16;2*1-11-7-9-13(10-8-11)14-12-5-3-2-4-6-12;1-7-5-3-2-4-6-7;2*1-2/h2-14H,1H3;2*2-10H,1H3;2-6H,1H3;2*1-2H3. The van der Waals surface area contributed by atoms with Crippen LogP contribution in [0.2, 0.25) is 0 Å². The van der Waals surface area contributed by atoms with Crippen LogP contribution in [-0.2, 0) is 0 Å². The molecule has 8 aromatic carbocycles. The lowest BCUT2D eigenvalue weighted by Gasteiger charge is -2.08. The first-order valence-electron chi connectivity index (χ1n) is 20.6. The number of ether oxygens (including phenoxy) is 3. The SMILES string of the molecule is CC.CC.Cc1ccc(Oc2ccc(Oc3ccccc3)cc2)cc1.Cc1ccc(Oc2ccccc2)cc1.Cc1ccc(Sc2ccccc2)cc1.Cc1ccccc1. The van der Waals surface area contributed by atoms with Crippen molar-refractivity contribution >= 4 is 11.8 Å². The van der Waals surface area contributed by atoms with E-state index in [1.807, 2.05) is 185 Å². The van der Waals surface area contributed by atoms with E-state index < -0.39 is 0 Å². The van der Waals surface area contributed by atoms with Crippen molar-refractivity contribution in [2.75, 3.05) is 0 Å². The molecule has 0 amide bonds. The Hall–Kier alpha value is -6.49. The third kappa shape index (κ3) is 19.8. The van der Waals surface area contributed by atoms with Crippen molar-refractivity contribution in [3.63, 3.8) is 0 Å². The molecule has 8 rings (SSSR count). The summed E-state index contributed by atoms with van der Waals surface area (Å²) in [6.45, 7) is 16.3. The zero-order valence-corrected chi connectivity index (χ0v) is 37.2. The van der Waals surface area contributed by atoms with Gasteiger partial charge in [-0.3, -0.25) is 0 Å². The minimum Gasteiger partial charge on any atom is -0.457 e. The molecule has 0 radical (unpaired) electrons. The van der Waals surface area contributed by atoms with Gasteiger partial charge < -0.3 is 14.2 Å². The Bertz CT molecular complexity index is 2140. The zero-order chi connectivity index (χ0) is 43.2. The molecular weight excluding hydrogens is 753 g/mol. The third-order valence-electron chi connectivity index (χ3n) is 8.00. The van der Waals surface area contributed by atoms with Gasteiger partial charge in [0.2, 0.25) is 0 Å². The summed E-state index contributed by atoms with van der Waals surface area (Å²) in [5.74, 6) is 4.98. The number of para-hydroxylation sites is 2. The van der Waals surface area contributed by atoms with E-state index in [1.165, 1.54) is 32.0 Å². The lowest BCUT2D eigenvalue weighted by molar-refractivity contribution is 0.469. The molecule has 0 fully saturated rings. The quantitative estimate of drug-likeness (QED) is 0.153. The fourth-order valence-electron chi connectivity index (χ4n) is 4.94. The molecule has 0 N–H and O–H groups in total. The zero-order valence-electron chi connectivity index (χ0n) is 36.4. The third-order valence-corrected chi connectivity index (χ3v) is 9.02. The highest BCUT2D eigenvalue weighted by Gasteiger charge is 2.00. The van der Waals surface area contributed by atoms with Gasteiger partial charge in [-0.2, -0.15) is 0 Å². The summed E-state index contributed by atoms with van der Waals surface area (Å²) >= 11 is 1.80. The predicted molar refractivity (Wildman–Crippen MR) is 258 cm³/mol. The molecule has 0 saturated carbocycles. The molecule has 0 saturated heterocycles. The van der Waals surface area contributed by atoms with Gasteiger partial charge in [0.05, 0.1) is 0 Å². The summed E-state index contributed by atoms with van der Waals surface area (Å²) in [6.07, 6.45) is 0. The molecule has 0 aliphatic heterocycles. The summed E-state index contributed by atoms with van der Waals surface area (Å²) in [5, 5.41) is 0. The molecule has 0 aliphatic rings. The average Bonchev–Trinajstić information content (AvgIpc) is 3.30. The van der Waals surface area contributed by atoms with Gasteiger partial charge in [-0.15, -0.1) is 0 Å². The van der Waals surface area contributed by atoms with Crippen LogP contribution in [0.25, 0.3) is 0 Å². The largest absolute Gasteiger partial charge is 0.457 e. The highest BCUT2D eigenvalue weighted by atomic mass is 32.2. The number of hydrogen-bond donors (Lipinski definition) is 0. The Morgan fingerprint density at radius 1 is 0.233 bits per heavy atom. The van der Waals surface area contributed by atoms with Crippen molar-refractivity contribution in [2.45, 2.75) is 65.2 Å². The Morgan fingerprint density at radius 2 is 0.450 bits per heavy atom. The molecule has 0 aliphatic carbocycles. The molecule has 0 aromatic heterocycles. The van der Waals surface area contributed by atoms with Crippen molar-refractivity contribution < 1.29 is 14.2 Å². The fourth-order valence-corrected chi connectivity index (χ4v) is 5.78. The second-order valence-corrected chi connectivity index (χ2v) is 14.1. The van der Waals surface area contributed by atoms with Gasteiger partial charge >= 0.3 is 0 Å². The van der Waals surface area contributed by atoms with E-state index >= 15 is 0 Å². The highest BCUT2D eigenvalue weighted by molar-refractivity contribution is 7.99. The minimum atomic E-state index is 0.789. The molecule has 0 bridgehead atoms. The van der Waals surface area contributed by atoms with E-state index in [1.54, 1.807) is 11.8 Å². The van der Waals surface area contributed by atoms with E-state index in [9.17, 15) is 0 Å². The molecule has 0 spiro atoms. The maximum absolute atomic E-state index is 5.78. The van der Waals surface area contributed by atoms with Crippen LogP contribution >= 0.6 is 11.8 Å². The molecule has 0 heterocycles. The van der Waals surface area contributed by atoms with Crippen molar-refractivity contribution in [2.24, 2.45) is 0 Å². The predicted octanol–water partition coefficient (Wildman–Crippen LogP) is 17.6. The van der Waals surface area contributed by atoms with Crippen molar-refractivity contribution in [3.8, 4) is 34.5 Å². The maximum atomic E-state index is 5.78. The number of benzene rings is 8. The van der Waals surface area contributed by atoms with Crippen LogP contribution in [0, 0.1) is 27.7 Å². The summed E-state index contributed by atoms with van der Waals surface area (Å²) in [7, 11) is 0. The molecule has 0 unspecified atom stereocenters. The number of hydrogen-bond acceptors (Lipinski definition) is 4. The summed E-state index contributed by atoms with van der Waals surface area (Å²) in [6, 6.07) is 72.4. The van der Waals surface area contributed by atoms with Crippen LogP contribution < -0.4 is 14.2 Å². The normalized spacial score (nSPS) is 9.40. The first kappa shape index (κ1) is 47.9. The first-order chi connectivity index (χ1) is 29.4. The van der Waals surface area contributed by atoms with Gasteiger partial charge in [-0.25, -0.2) is 0 Å². The number of rotatable bonds is 8. The van der Waals surface area contributed by atoms with Gasteiger partial charge in [-0.05, 0) is 125 Å². The lowest BCUT2D eigenvalue weighted by atomic mass is 10.2. The van der Waals surface area contributed by atoms with Crippen LogP contribution in [0.4, 0.5) is 0 Å². The summed E-state index contributed by atoms with van der Waals surface area (Å²) in [4.78, 5) is 2.58. The first-order valence-corrected chi connectivity index (χ1v) is 21.4. The molecule has 4 heteroatoms. The maximum Gasteiger partial charge on any atom is 0.127 e. The van der Waals surface area contributed by atoms with Gasteiger partial charge in [0, 0.05) is 9.79 Å². The number of aryl methyl sites for hydroxylation is 4. The van der Waals surface area contributed by atoms with Gasteiger partial charge in [-0.1, -0.05) is 183 Å². The van der Waals surface area contributed by atoms with Gasteiger partial charge in [0.1, 0.15) is 34.5 Å². The minimum absolute atomic E-state index is 0.789. The molecule has 0 atom stereocenters. The molecular formula is C56H60O3S. The van der Waals surface area contributed by atoms with Crippen LogP contribution in [-0.4, -0.2) is 0 Å². The lowest BCUT2D eigenvalue weighted by Crippen LogP contribution is -1.86. The monoisotopic (exact) mass is 812 g/mol. The molecule has 308 valence electrons. The van der Waals surface area contributed by atoms with Gasteiger partial charge in [0.25, 0.3) is 0 Å². The van der Waals surface area contributed by atoms with Crippen LogP contribution in [0.15, 0.2) is 228 Å². The Balaban J connectivity index is 0.000000218. The van der Waals surface area contributed by atoms with E-state index in [-0.39, 0.29) is 0 Å². The molecule has 60 heavy (non-hydrogen) atoms. The van der Waals surface area contributed by atoms with E-state index in [0.717, 1.165) is 34.5 Å².